The van der Waals surface area contributed by atoms with Gasteiger partial charge < -0.3 is 4.90 Å². The van der Waals surface area contributed by atoms with Crippen molar-refractivity contribution in [3.8, 4) is 11.3 Å². The van der Waals surface area contributed by atoms with Crippen LogP contribution in [0.1, 0.15) is 47.2 Å². The van der Waals surface area contributed by atoms with Gasteiger partial charge in [0.05, 0.1) is 6.04 Å². The summed E-state index contributed by atoms with van der Waals surface area (Å²) in [5, 5.41) is 12.1. The van der Waals surface area contributed by atoms with Gasteiger partial charge in [0.2, 0.25) is 0 Å². The minimum absolute atomic E-state index is 0.330. The van der Waals surface area contributed by atoms with E-state index in [1.807, 2.05) is 0 Å². The summed E-state index contributed by atoms with van der Waals surface area (Å²) in [5.41, 5.74) is 8.87. The molecule has 156 valence electrons. The summed E-state index contributed by atoms with van der Waals surface area (Å²) in [6.45, 7) is 9.73. The molecule has 1 unspecified atom stereocenters. The summed E-state index contributed by atoms with van der Waals surface area (Å²) in [6, 6.07) is 22.3. The largest absolute Gasteiger partial charge is 0.347 e. The highest BCUT2D eigenvalue weighted by atomic mass is 15.3. The van der Waals surface area contributed by atoms with E-state index in [-0.39, 0.29) is 0 Å². The lowest BCUT2D eigenvalue weighted by molar-refractivity contribution is 0.561. The Hall–Kier alpha value is -3.20. The number of fused-ring (bicyclic) bond motifs is 2. The van der Waals surface area contributed by atoms with Crippen LogP contribution in [0.4, 0.5) is 5.82 Å². The molecule has 31 heavy (non-hydrogen) atoms. The van der Waals surface area contributed by atoms with Crippen molar-refractivity contribution in [3.05, 3.63) is 88.5 Å². The van der Waals surface area contributed by atoms with Crippen molar-refractivity contribution in [1.29, 1.82) is 0 Å². The van der Waals surface area contributed by atoms with Gasteiger partial charge in [0.1, 0.15) is 5.69 Å². The molecule has 0 bridgehead atoms. The fourth-order valence-corrected chi connectivity index (χ4v) is 5.39. The summed E-state index contributed by atoms with van der Waals surface area (Å²) >= 11 is 0. The molecule has 1 aliphatic heterocycles. The van der Waals surface area contributed by atoms with Crippen molar-refractivity contribution in [2.75, 3.05) is 11.4 Å². The van der Waals surface area contributed by atoms with Crippen LogP contribution in [0.5, 0.6) is 0 Å². The average Bonchev–Trinajstić information content (AvgIpc) is 2.78. The Morgan fingerprint density at radius 1 is 0.871 bits per heavy atom. The monoisotopic (exact) mass is 407 g/mol. The number of aromatic nitrogens is 2. The first-order chi connectivity index (χ1) is 15.1. The second kappa shape index (κ2) is 7.81. The molecule has 0 amide bonds. The summed E-state index contributed by atoms with van der Waals surface area (Å²) in [6.07, 6.45) is 2.09. The van der Waals surface area contributed by atoms with E-state index in [0.29, 0.717) is 6.04 Å². The van der Waals surface area contributed by atoms with Crippen LogP contribution < -0.4 is 4.90 Å². The number of rotatable bonds is 3. The van der Waals surface area contributed by atoms with E-state index in [1.54, 1.807) is 0 Å². The molecule has 5 rings (SSSR count). The van der Waals surface area contributed by atoms with E-state index in [9.17, 15) is 0 Å². The van der Waals surface area contributed by atoms with Crippen LogP contribution in [-0.2, 0) is 6.42 Å². The Morgan fingerprint density at radius 2 is 1.55 bits per heavy atom. The highest BCUT2D eigenvalue weighted by molar-refractivity contribution is 6.01. The Morgan fingerprint density at radius 3 is 2.29 bits per heavy atom. The Labute approximate surface area is 184 Å². The van der Waals surface area contributed by atoms with Gasteiger partial charge in [-0.15, -0.1) is 10.2 Å². The maximum Gasteiger partial charge on any atom is 0.159 e. The maximum atomic E-state index is 4.86. The molecule has 0 spiro atoms. The Kier molecular flexibility index (Phi) is 4.97. The first kappa shape index (κ1) is 19.7. The lowest BCUT2D eigenvalue weighted by Crippen LogP contribution is -2.36. The van der Waals surface area contributed by atoms with Crippen molar-refractivity contribution in [2.24, 2.45) is 0 Å². The van der Waals surface area contributed by atoms with Crippen molar-refractivity contribution in [3.63, 3.8) is 0 Å². The highest BCUT2D eigenvalue weighted by Crippen LogP contribution is 2.40. The zero-order valence-electron chi connectivity index (χ0n) is 18.8. The molecule has 1 aliphatic rings. The van der Waals surface area contributed by atoms with Crippen LogP contribution in [0.25, 0.3) is 22.0 Å². The lowest BCUT2D eigenvalue weighted by atomic mass is 9.90. The number of benzene rings is 3. The van der Waals surface area contributed by atoms with Crippen molar-refractivity contribution < 1.29 is 0 Å². The van der Waals surface area contributed by atoms with Gasteiger partial charge >= 0.3 is 0 Å². The zero-order valence-corrected chi connectivity index (χ0v) is 18.8. The maximum absolute atomic E-state index is 4.86. The van der Waals surface area contributed by atoms with Crippen molar-refractivity contribution in [1.82, 2.24) is 10.2 Å². The molecule has 3 nitrogen and oxygen atoms in total. The van der Waals surface area contributed by atoms with Crippen molar-refractivity contribution in [2.45, 2.75) is 46.6 Å². The van der Waals surface area contributed by atoms with Gasteiger partial charge in [0.25, 0.3) is 0 Å². The first-order valence-corrected chi connectivity index (χ1v) is 11.3. The molecule has 1 atom stereocenters. The summed E-state index contributed by atoms with van der Waals surface area (Å²) < 4.78 is 0. The Balaban J connectivity index is 1.69. The minimum atomic E-state index is 0.330. The molecule has 0 N–H and O–H groups in total. The fourth-order valence-electron chi connectivity index (χ4n) is 5.39. The van der Waals surface area contributed by atoms with Crippen LogP contribution in [0.15, 0.2) is 60.7 Å². The van der Waals surface area contributed by atoms with E-state index in [0.717, 1.165) is 30.9 Å². The predicted molar refractivity (Wildman–Crippen MR) is 130 cm³/mol. The van der Waals surface area contributed by atoms with E-state index in [4.69, 9.17) is 10.2 Å². The van der Waals surface area contributed by atoms with Crippen LogP contribution >= 0.6 is 0 Å². The first-order valence-electron chi connectivity index (χ1n) is 11.3. The topological polar surface area (TPSA) is 29.0 Å². The van der Waals surface area contributed by atoms with E-state index < -0.39 is 0 Å². The van der Waals surface area contributed by atoms with Gasteiger partial charge in [0, 0.05) is 22.9 Å². The molecule has 4 aromatic rings. The third kappa shape index (κ3) is 3.29. The van der Waals surface area contributed by atoms with Crippen LogP contribution in [0.3, 0.4) is 0 Å². The minimum Gasteiger partial charge on any atom is -0.347 e. The summed E-state index contributed by atoms with van der Waals surface area (Å²) in [5.74, 6) is 1.00. The third-order valence-corrected chi connectivity index (χ3v) is 6.65. The van der Waals surface area contributed by atoms with Gasteiger partial charge in [-0.1, -0.05) is 73.2 Å². The molecular weight excluding hydrogens is 378 g/mol. The molecule has 0 radical (unpaired) electrons. The molecule has 0 fully saturated rings. The van der Waals surface area contributed by atoms with Crippen LogP contribution in [0.2, 0.25) is 0 Å². The normalized spacial score (nSPS) is 15.9. The Bertz CT molecular complexity index is 1250. The van der Waals surface area contributed by atoms with Crippen LogP contribution in [-0.4, -0.2) is 16.7 Å². The molecule has 0 saturated heterocycles. The number of anilines is 1. The zero-order chi connectivity index (χ0) is 21.5. The molecule has 2 heterocycles. The number of nitrogens with zero attached hydrogens (tertiary/aromatic N) is 3. The average molecular weight is 408 g/mol. The lowest BCUT2D eigenvalue weighted by Gasteiger charge is -2.38. The second-order valence-corrected chi connectivity index (χ2v) is 8.76. The van der Waals surface area contributed by atoms with Crippen LogP contribution in [0, 0.1) is 20.8 Å². The van der Waals surface area contributed by atoms with E-state index in [2.05, 4.69) is 93.3 Å². The standard InChI is InChI=1S/C28H29N3/c1-5-25-22-11-7-6-10-21(22)14-15-31(25)28-24-13-9-8-12-23(24)27(29-30-28)26-19(3)16-18(2)17-20(26)4/h6-13,16-17,25H,5,14-15H2,1-4H3. The summed E-state index contributed by atoms with van der Waals surface area (Å²) in [4.78, 5) is 2.47. The van der Waals surface area contributed by atoms with Gasteiger partial charge in [0.15, 0.2) is 5.82 Å². The smallest absolute Gasteiger partial charge is 0.159 e. The molecule has 1 aromatic heterocycles. The third-order valence-electron chi connectivity index (χ3n) is 6.65. The number of hydrogen-bond acceptors (Lipinski definition) is 3. The number of aryl methyl sites for hydroxylation is 3. The summed E-state index contributed by atoms with van der Waals surface area (Å²) in [7, 11) is 0. The van der Waals surface area contributed by atoms with Gasteiger partial charge in [-0.2, -0.15) is 0 Å². The van der Waals surface area contributed by atoms with Gasteiger partial charge in [-0.3, -0.25) is 0 Å². The molecule has 0 saturated carbocycles. The second-order valence-electron chi connectivity index (χ2n) is 8.76. The van der Waals surface area contributed by atoms with Gasteiger partial charge in [-0.05, 0) is 55.9 Å². The fraction of sp³-hybridized carbons (Fsp3) is 0.286. The highest BCUT2D eigenvalue weighted by Gasteiger charge is 2.29. The molecule has 3 heteroatoms. The van der Waals surface area contributed by atoms with E-state index in [1.165, 1.54) is 44.2 Å². The molecular formula is C28H29N3. The van der Waals surface area contributed by atoms with E-state index >= 15 is 0 Å². The molecule has 0 aliphatic carbocycles. The SMILES string of the molecule is CCC1c2ccccc2CCN1c1nnc(-c2c(C)cc(C)cc2C)c2ccccc12. The number of hydrogen-bond donors (Lipinski definition) is 0. The van der Waals surface area contributed by atoms with Crippen molar-refractivity contribution >= 4 is 16.6 Å². The predicted octanol–water partition coefficient (Wildman–Crippen LogP) is 6.74. The van der Waals surface area contributed by atoms with Gasteiger partial charge in [-0.25, -0.2) is 0 Å². The quantitative estimate of drug-likeness (QED) is 0.377. The molecule has 3 aromatic carbocycles.